The molecular weight excluding hydrogens is 526 g/mol. The first-order valence-corrected chi connectivity index (χ1v) is 14.7. The van der Waals surface area contributed by atoms with Crippen molar-refractivity contribution in [1.29, 1.82) is 0 Å². The number of hydrogen-bond acceptors (Lipinski definition) is 8. The smallest absolute Gasteiger partial charge is 0.410 e. The van der Waals surface area contributed by atoms with Crippen LogP contribution in [0.5, 0.6) is 5.75 Å². The molecule has 0 radical (unpaired) electrons. The van der Waals surface area contributed by atoms with E-state index in [-0.39, 0.29) is 12.5 Å². The van der Waals surface area contributed by atoms with E-state index in [0.29, 0.717) is 25.6 Å². The zero-order valence-electron chi connectivity index (χ0n) is 25.0. The highest BCUT2D eigenvalue weighted by molar-refractivity contribution is 7.97. The molecule has 220 valence electrons. The van der Waals surface area contributed by atoms with Gasteiger partial charge in [-0.05, 0) is 108 Å². The minimum Gasteiger partial charge on any atom is -0.497 e. The lowest BCUT2D eigenvalue weighted by molar-refractivity contribution is -0.122. The highest BCUT2D eigenvalue weighted by Gasteiger charge is 2.25. The van der Waals surface area contributed by atoms with Crippen molar-refractivity contribution in [2.45, 2.75) is 58.0 Å². The maximum atomic E-state index is 13.0. The molecule has 2 amide bonds. The number of piperidine rings is 1. The van der Waals surface area contributed by atoms with Gasteiger partial charge in [0.15, 0.2) is 0 Å². The Morgan fingerprint density at radius 1 is 1.10 bits per heavy atom. The van der Waals surface area contributed by atoms with Crippen LogP contribution in [0.1, 0.15) is 44.7 Å². The number of ether oxygens (including phenoxy) is 2. The molecule has 1 aliphatic rings. The Labute approximate surface area is 243 Å². The third-order valence-electron chi connectivity index (χ3n) is 6.82. The third kappa shape index (κ3) is 9.89. The second kappa shape index (κ2) is 14.6. The molecule has 1 N–H and O–H groups in total. The van der Waals surface area contributed by atoms with E-state index in [1.807, 2.05) is 64.5 Å². The summed E-state index contributed by atoms with van der Waals surface area (Å²) in [6, 6.07) is 8.10. The highest BCUT2D eigenvalue weighted by atomic mass is 32.2. The zero-order valence-corrected chi connectivity index (χ0v) is 25.8. The van der Waals surface area contributed by atoms with Crippen LogP contribution in [0.4, 0.5) is 10.5 Å². The van der Waals surface area contributed by atoms with Gasteiger partial charge in [-0.3, -0.25) is 14.7 Å². The molecule has 2 aromatic rings. The number of anilines is 1. The number of carbonyl (C=O) groups excluding carboxylic acids is 2. The van der Waals surface area contributed by atoms with E-state index in [4.69, 9.17) is 9.47 Å². The number of aromatic nitrogens is 1. The van der Waals surface area contributed by atoms with Gasteiger partial charge in [0.25, 0.3) is 0 Å². The van der Waals surface area contributed by atoms with Crippen LogP contribution in [0.25, 0.3) is 0 Å². The predicted octanol–water partition coefficient (Wildman–Crippen LogP) is 4.92. The fraction of sp³-hybridized carbons (Fsp3) is 0.567. The Morgan fingerprint density at radius 3 is 2.30 bits per heavy atom. The molecule has 0 unspecified atom stereocenters. The summed E-state index contributed by atoms with van der Waals surface area (Å²) in [4.78, 5) is 35.0. The summed E-state index contributed by atoms with van der Waals surface area (Å²) >= 11 is 1.62. The van der Waals surface area contributed by atoms with Crippen LogP contribution in [0.2, 0.25) is 0 Å². The molecule has 1 saturated heterocycles. The van der Waals surface area contributed by atoms with Crippen LogP contribution in [0.3, 0.4) is 0 Å². The van der Waals surface area contributed by atoms with Crippen LogP contribution in [-0.4, -0.2) is 85.2 Å². The summed E-state index contributed by atoms with van der Waals surface area (Å²) in [5.74, 6) is 1.08. The summed E-state index contributed by atoms with van der Waals surface area (Å²) in [5.41, 5.74) is 2.80. The average molecular weight is 572 g/mol. The predicted molar refractivity (Wildman–Crippen MR) is 161 cm³/mol. The van der Waals surface area contributed by atoms with E-state index in [1.165, 1.54) is 10.6 Å². The van der Waals surface area contributed by atoms with E-state index in [1.54, 1.807) is 19.1 Å². The minimum absolute atomic E-state index is 0.0378. The number of amides is 2. The maximum Gasteiger partial charge on any atom is 0.410 e. The molecule has 10 heteroatoms. The van der Waals surface area contributed by atoms with Crippen molar-refractivity contribution in [3.05, 3.63) is 47.8 Å². The van der Waals surface area contributed by atoms with E-state index >= 15 is 0 Å². The Balaban J connectivity index is 1.52. The van der Waals surface area contributed by atoms with Crippen LogP contribution >= 0.6 is 11.9 Å². The number of carbonyl (C=O) groups is 2. The topological polar surface area (TPSA) is 87.2 Å². The van der Waals surface area contributed by atoms with Crippen LogP contribution in [0, 0.1) is 19.8 Å². The van der Waals surface area contributed by atoms with Crippen LogP contribution < -0.4 is 15.0 Å². The van der Waals surface area contributed by atoms with Gasteiger partial charge in [-0.15, -0.1) is 0 Å². The second-order valence-corrected chi connectivity index (χ2v) is 12.6. The summed E-state index contributed by atoms with van der Waals surface area (Å²) in [5, 5.41) is 3.06. The van der Waals surface area contributed by atoms with Crippen molar-refractivity contribution in [2.24, 2.45) is 5.92 Å². The minimum atomic E-state index is -0.646. The van der Waals surface area contributed by atoms with Crippen molar-refractivity contribution in [1.82, 2.24) is 19.5 Å². The SMILES string of the molecule is COc1cc(C)c(SN(C)CCN(CC(=O)NCC2CCN(c3ccncc3)CC2)C(=O)OC(C)(C)C)c(C)c1. The Hall–Kier alpha value is -2.98. The van der Waals surface area contributed by atoms with Gasteiger partial charge in [0.1, 0.15) is 17.9 Å². The third-order valence-corrected chi connectivity index (χ3v) is 8.14. The van der Waals surface area contributed by atoms with Gasteiger partial charge in [0.2, 0.25) is 5.91 Å². The van der Waals surface area contributed by atoms with Crippen molar-refractivity contribution < 1.29 is 19.1 Å². The van der Waals surface area contributed by atoms with Crippen molar-refractivity contribution in [3.8, 4) is 5.75 Å². The molecule has 0 spiro atoms. The summed E-state index contributed by atoms with van der Waals surface area (Å²) < 4.78 is 13.1. The van der Waals surface area contributed by atoms with Crippen LogP contribution in [0.15, 0.2) is 41.6 Å². The van der Waals surface area contributed by atoms with Crippen LogP contribution in [-0.2, 0) is 9.53 Å². The molecule has 2 heterocycles. The number of nitrogens with zero attached hydrogens (tertiary/aromatic N) is 4. The molecule has 9 nitrogen and oxygen atoms in total. The lowest BCUT2D eigenvalue weighted by atomic mass is 9.96. The fourth-order valence-corrected chi connectivity index (χ4v) is 5.52. The second-order valence-electron chi connectivity index (χ2n) is 11.4. The Bertz CT molecular complexity index is 1090. The van der Waals surface area contributed by atoms with Crippen molar-refractivity contribution in [3.63, 3.8) is 0 Å². The largest absolute Gasteiger partial charge is 0.497 e. The molecule has 1 fully saturated rings. The van der Waals surface area contributed by atoms with Gasteiger partial charge in [-0.1, -0.05) is 0 Å². The van der Waals surface area contributed by atoms with Gasteiger partial charge < -0.3 is 19.7 Å². The monoisotopic (exact) mass is 571 g/mol. The van der Waals surface area contributed by atoms with Gasteiger partial charge >= 0.3 is 6.09 Å². The number of benzene rings is 1. The number of nitrogens with one attached hydrogen (secondary N) is 1. The van der Waals surface area contributed by atoms with Gasteiger partial charge in [0.05, 0.1) is 7.11 Å². The molecule has 1 aromatic heterocycles. The lowest BCUT2D eigenvalue weighted by Crippen LogP contribution is -2.46. The number of hydrogen-bond donors (Lipinski definition) is 1. The van der Waals surface area contributed by atoms with Gasteiger partial charge in [0, 0.05) is 55.7 Å². The maximum absolute atomic E-state index is 13.0. The van der Waals surface area contributed by atoms with E-state index in [9.17, 15) is 9.59 Å². The molecule has 0 saturated carbocycles. The molecule has 1 aromatic carbocycles. The Morgan fingerprint density at radius 2 is 1.73 bits per heavy atom. The molecule has 0 bridgehead atoms. The summed E-state index contributed by atoms with van der Waals surface area (Å²) in [7, 11) is 3.65. The quantitative estimate of drug-likeness (QED) is 0.381. The number of aryl methyl sites for hydroxylation is 2. The van der Waals surface area contributed by atoms with Crippen molar-refractivity contribution in [2.75, 3.05) is 58.3 Å². The summed E-state index contributed by atoms with van der Waals surface area (Å²) in [6.07, 6.45) is 5.16. The van der Waals surface area contributed by atoms with E-state index in [2.05, 4.69) is 33.4 Å². The first-order chi connectivity index (χ1) is 18.9. The zero-order chi connectivity index (χ0) is 29.3. The van der Waals surface area contributed by atoms with E-state index < -0.39 is 11.7 Å². The highest BCUT2D eigenvalue weighted by Crippen LogP contribution is 2.31. The van der Waals surface area contributed by atoms with Crippen molar-refractivity contribution >= 4 is 29.6 Å². The number of likely N-dealkylation sites (N-methyl/N-ethyl adjacent to an activating group) is 1. The molecule has 1 aliphatic heterocycles. The molecule has 3 rings (SSSR count). The average Bonchev–Trinajstić information content (AvgIpc) is 2.91. The first kappa shape index (κ1) is 31.5. The molecule has 40 heavy (non-hydrogen) atoms. The van der Waals surface area contributed by atoms with Gasteiger partial charge in [-0.2, -0.15) is 0 Å². The number of methoxy groups -OCH3 is 1. The molecule has 0 atom stereocenters. The molecule has 0 aliphatic carbocycles. The number of pyridine rings is 1. The normalized spacial score (nSPS) is 14.2. The first-order valence-electron chi connectivity index (χ1n) is 13.9. The van der Waals surface area contributed by atoms with Gasteiger partial charge in [-0.25, -0.2) is 9.10 Å². The van der Waals surface area contributed by atoms with E-state index in [0.717, 1.165) is 47.7 Å². The Kier molecular flexibility index (Phi) is 11.5. The summed E-state index contributed by atoms with van der Waals surface area (Å²) in [6.45, 7) is 13.0. The standard InChI is InChI=1S/C30H45N5O4S/c1-22-18-26(38-7)19-23(2)28(22)40-33(6)16-17-35(29(37)39-30(3,4)5)21-27(36)32-20-24-10-14-34(15-11-24)25-8-12-31-13-9-25/h8-9,12-13,18-19,24H,10-11,14-17,20-21H2,1-7H3,(H,32,36). The number of rotatable bonds is 11. The fourth-order valence-electron chi connectivity index (χ4n) is 4.63. The lowest BCUT2D eigenvalue weighted by Gasteiger charge is -2.33. The molecular formula is C30H45N5O4S.